The molecule has 1 aliphatic rings. The van der Waals surface area contributed by atoms with E-state index in [0.29, 0.717) is 23.2 Å². The number of non-ortho nitro benzene ring substituents is 1. The number of benzene rings is 1. The summed E-state index contributed by atoms with van der Waals surface area (Å²) < 4.78 is 12.4. The number of furan rings is 1. The normalized spacial score (nSPS) is 15.2. The quantitative estimate of drug-likeness (QED) is 0.374. The Kier molecular flexibility index (Phi) is 4.73. The van der Waals surface area contributed by atoms with Crippen LogP contribution in [0.3, 0.4) is 0 Å². The number of nitro benzene ring substituents is 1. The van der Waals surface area contributed by atoms with Crippen LogP contribution in [0.25, 0.3) is 11.7 Å². The Morgan fingerprint density at radius 1 is 1.15 bits per heavy atom. The van der Waals surface area contributed by atoms with Crippen LogP contribution < -0.4 is 4.90 Å². The van der Waals surface area contributed by atoms with Gasteiger partial charge in [-0.2, -0.15) is 0 Å². The van der Waals surface area contributed by atoms with Gasteiger partial charge in [0, 0.05) is 44.0 Å². The van der Waals surface area contributed by atoms with Gasteiger partial charge >= 0.3 is 0 Å². The van der Waals surface area contributed by atoms with Crippen molar-refractivity contribution in [3.8, 4) is 11.7 Å². The standard InChI is InChI=1S/C17H17N5O4S/c23-22(24)14-5-3-13(4-6-14)20-9-7-19(8-10-20)12-21-17(27)26-16(18-21)15-2-1-11-25-15/h1-6,11H,7-10,12H2. The summed E-state index contributed by atoms with van der Waals surface area (Å²) in [6.45, 7) is 3.81. The average molecular weight is 387 g/mol. The predicted octanol–water partition coefficient (Wildman–Crippen LogP) is 3.15. The SMILES string of the molecule is O=[N+]([O-])c1ccc(N2CCN(Cn3nc(-c4ccco4)oc3=S)CC2)cc1. The fourth-order valence-corrected chi connectivity index (χ4v) is 3.20. The van der Waals surface area contributed by atoms with Crippen molar-refractivity contribution in [3.05, 3.63) is 57.6 Å². The molecule has 9 nitrogen and oxygen atoms in total. The molecular weight excluding hydrogens is 370 g/mol. The first-order chi connectivity index (χ1) is 13.1. The summed E-state index contributed by atoms with van der Waals surface area (Å²) in [5, 5.41) is 15.1. The molecule has 27 heavy (non-hydrogen) atoms. The zero-order valence-electron chi connectivity index (χ0n) is 14.4. The van der Waals surface area contributed by atoms with Gasteiger partial charge in [0.05, 0.1) is 17.9 Å². The van der Waals surface area contributed by atoms with Gasteiger partial charge in [0.2, 0.25) is 0 Å². The highest BCUT2D eigenvalue weighted by molar-refractivity contribution is 7.71. The van der Waals surface area contributed by atoms with E-state index in [1.165, 1.54) is 12.1 Å². The average Bonchev–Trinajstić information content (AvgIpc) is 3.33. The van der Waals surface area contributed by atoms with Gasteiger partial charge in [-0.25, -0.2) is 4.68 Å². The topological polar surface area (TPSA) is 93.7 Å². The molecule has 1 aromatic carbocycles. The van der Waals surface area contributed by atoms with E-state index >= 15 is 0 Å². The van der Waals surface area contributed by atoms with Gasteiger partial charge in [-0.15, -0.1) is 5.10 Å². The lowest BCUT2D eigenvalue weighted by atomic mass is 10.2. The molecular formula is C17H17N5O4S. The maximum absolute atomic E-state index is 10.8. The molecule has 0 bridgehead atoms. The van der Waals surface area contributed by atoms with E-state index in [1.807, 2.05) is 0 Å². The predicted molar refractivity (Wildman–Crippen MR) is 99.9 cm³/mol. The third-order valence-electron chi connectivity index (χ3n) is 4.47. The lowest BCUT2D eigenvalue weighted by Crippen LogP contribution is -2.46. The van der Waals surface area contributed by atoms with Crippen molar-refractivity contribution in [1.29, 1.82) is 0 Å². The molecule has 140 valence electrons. The number of piperazine rings is 1. The van der Waals surface area contributed by atoms with Gasteiger partial charge in [-0.1, -0.05) is 0 Å². The summed E-state index contributed by atoms with van der Waals surface area (Å²) in [6, 6.07) is 10.2. The summed E-state index contributed by atoms with van der Waals surface area (Å²) in [5.74, 6) is 0.914. The molecule has 0 radical (unpaired) electrons. The maximum atomic E-state index is 10.8. The summed E-state index contributed by atoms with van der Waals surface area (Å²) in [5.41, 5.74) is 1.09. The Balaban J connectivity index is 1.37. The maximum Gasteiger partial charge on any atom is 0.288 e. The summed E-state index contributed by atoms with van der Waals surface area (Å²) in [7, 11) is 0. The van der Waals surface area contributed by atoms with Crippen LogP contribution in [0, 0.1) is 15.0 Å². The zero-order chi connectivity index (χ0) is 18.8. The Hall–Kier alpha value is -2.98. The third kappa shape index (κ3) is 3.76. The molecule has 1 fully saturated rings. The molecule has 10 heteroatoms. The lowest BCUT2D eigenvalue weighted by Gasteiger charge is -2.35. The highest BCUT2D eigenvalue weighted by Crippen LogP contribution is 2.21. The molecule has 0 atom stereocenters. The Morgan fingerprint density at radius 3 is 2.52 bits per heavy atom. The number of hydrogen-bond donors (Lipinski definition) is 0. The Labute approximate surface area is 159 Å². The first kappa shape index (κ1) is 17.4. The van der Waals surface area contributed by atoms with Crippen LogP contribution in [0.1, 0.15) is 0 Å². The number of nitro groups is 1. The second-order valence-electron chi connectivity index (χ2n) is 6.17. The fraction of sp³-hybridized carbons (Fsp3) is 0.294. The van der Waals surface area contributed by atoms with Crippen LogP contribution in [0.5, 0.6) is 0 Å². The van der Waals surface area contributed by atoms with Gasteiger partial charge in [-0.3, -0.25) is 15.0 Å². The highest BCUT2D eigenvalue weighted by atomic mass is 32.1. The van der Waals surface area contributed by atoms with Crippen molar-refractivity contribution >= 4 is 23.6 Å². The molecule has 3 heterocycles. The fourth-order valence-electron chi connectivity index (χ4n) is 3.02. The Morgan fingerprint density at radius 2 is 1.89 bits per heavy atom. The van der Waals surface area contributed by atoms with Gasteiger partial charge in [-0.05, 0) is 36.5 Å². The number of nitrogens with zero attached hydrogens (tertiary/aromatic N) is 5. The van der Waals surface area contributed by atoms with Gasteiger partial charge in [0.15, 0.2) is 5.76 Å². The molecule has 0 unspecified atom stereocenters. The van der Waals surface area contributed by atoms with E-state index in [-0.39, 0.29) is 10.6 Å². The number of anilines is 1. The van der Waals surface area contributed by atoms with Crippen LogP contribution in [-0.4, -0.2) is 45.8 Å². The molecule has 0 amide bonds. The number of aromatic nitrogens is 2. The summed E-state index contributed by atoms with van der Waals surface area (Å²) in [6.07, 6.45) is 1.56. The van der Waals surface area contributed by atoms with Crippen molar-refractivity contribution in [1.82, 2.24) is 14.7 Å². The minimum Gasteiger partial charge on any atom is -0.459 e. The molecule has 0 N–H and O–H groups in total. The van der Waals surface area contributed by atoms with Crippen molar-refractivity contribution in [2.45, 2.75) is 6.67 Å². The minimum absolute atomic E-state index is 0.102. The molecule has 0 aliphatic carbocycles. The molecule has 0 spiro atoms. The van der Waals surface area contributed by atoms with Gasteiger partial charge in [0.25, 0.3) is 16.4 Å². The summed E-state index contributed by atoms with van der Waals surface area (Å²) in [4.78, 5) is 15.1. The van der Waals surface area contributed by atoms with E-state index < -0.39 is 0 Å². The van der Waals surface area contributed by atoms with Gasteiger partial charge in [0.1, 0.15) is 0 Å². The van der Waals surface area contributed by atoms with E-state index in [2.05, 4.69) is 14.9 Å². The third-order valence-corrected chi connectivity index (χ3v) is 4.76. The van der Waals surface area contributed by atoms with Crippen LogP contribution >= 0.6 is 12.2 Å². The molecule has 3 aromatic rings. The van der Waals surface area contributed by atoms with Crippen molar-refractivity contribution < 1.29 is 13.8 Å². The molecule has 1 saturated heterocycles. The monoisotopic (exact) mass is 387 g/mol. The molecule has 0 saturated carbocycles. The van der Waals surface area contributed by atoms with Crippen LogP contribution in [0.4, 0.5) is 11.4 Å². The highest BCUT2D eigenvalue weighted by Gasteiger charge is 2.20. The molecule has 2 aromatic heterocycles. The smallest absolute Gasteiger partial charge is 0.288 e. The van der Waals surface area contributed by atoms with E-state index in [0.717, 1.165) is 31.9 Å². The van der Waals surface area contributed by atoms with Crippen LogP contribution in [-0.2, 0) is 6.67 Å². The van der Waals surface area contributed by atoms with Crippen molar-refractivity contribution in [2.24, 2.45) is 0 Å². The second-order valence-corrected chi connectivity index (χ2v) is 6.52. The van der Waals surface area contributed by atoms with Crippen LogP contribution in [0.2, 0.25) is 0 Å². The van der Waals surface area contributed by atoms with E-state index in [9.17, 15) is 10.1 Å². The van der Waals surface area contributed by atoms with Gasteiger partial charge < -0.3 is 13.7 Å². The lowest BCUT2D eigenvalue weighted by molar-refractivity contribution is -0.384. The minimum atomic E-state index is -0.389. The van der Waals surface area contributed by atoms with E-state index in [4.69, 9.17) is 21.1 Å². The summed E-state index contributed by atoms with van der Waals surface area (Å²) >= 11 is 5.25. The first-order valence-corrected chi connectivity index (χ1v) is 8.84. The second kappa shape index (κ2) is 7.33. The first-order valence-electron chi connectivity index (χ1n) is 8.44. The van der Waals surface area contributed by atoms with E-state index in [1.54, 1.807) is 35.2 Å². The number of hydrogen-bond acceptors (Lipinski definition) is 8. The Bertz CT molecular complexity index is 972. The molecule has 1 aliphatic heterocycles. The number of rotatable bonds is 5. The van der Waals surface area contributed by atoms with Crippen molar-refractivity contribution in [2.75, 3.05) is 31.1 Å². The largest absolute Gasteiger partial charge is 0.459 e. The van der Waals surface area contributed by atoms with Crippen molar-refractivity contribution in [3.63, 3.8) is 0 Å². The van der Waals surface area contributed by atoms with Crippen LogP contribution in [0.15, 0.2) is 51.5 Å². The zero-order valence-corrected chi connectivity index (χ0v) is 15.2. The molecule has 4 rings (SSSR count).